The normalized spacial score (nSPS) is 16.4. The fraction of sp³-hybridized carbons (Fsp3) is 0.370. The van der Waals surface area contributed by atoms with Crippen molar-refractivity contribution in [2.45, 2.75) is 25.3 Å². The number of benzene rings is 2. The number of imidazole rings is 1. The molecule has 2 N–H and O–H groups in total. The molecule has 37 heavy (non-hydrogen) atoms. The van der Waals surface area contributed by atoms with Crippen molar-refractivity contribution in [3.63, 3.8) is 0 Å². The molecule has 2 aliphatic rings. The Kier molecular flexibility index (Phi) is 6.43. The number of fused-ring (bicyclic) bond motifs is 3. The summed E-state index contributed by atoms with van der Waals surface area (Å²) in [6.45, 7) is 4.95. The third-order valence-corrected chi connectivity index (χ3v) is 6.87. The number of nitrogens with one attached hydrogen (secondary N) is 2. The van der Waals surface area contributed by atoms with Crippen LogP contribution in [0.15, 0.2) is 42.6 Å². The van der Waals surface area contributed by atoms with Crippen molar-refractivity contribution in [2.24, 2.45) is 0 Å². The molecule has 0 spiro atoms. The summed E-state index contributed by atoms with van der Waals surface area (Å²) in [5, 5.41) is 6.33. The van der Waals surface area contributed by atoms with Crippen molar-refractivity contribution in [2.75, 3.05) is 44.7 Å². The van der Waals surface area contributed by atoms with E-state index in [1.54, 1.807) is 22.7 Å². The lowest BCUT2D eigenvalue weighted by Crippen LogP contribution is -2.37. The van der Waals surface area contributed by atoms with Gasteiger partial charge in [0, 0.05) is 48.9 Å². The largest absolute Gasteiger partial charge is 0.379 e. The maximum atomic E-state index is 14.3. The fourth-order valence-corrected chi connectivity index (χ4v) is 4.67. The zero-order valence-corrected chi connectivity index (χ0v) is 20.3. The first-order valence-electron chi connectivity index (χ1n) is 12.7. The number of hydrogen-bond acceptors (Lipinski definition) is 6. The number of halogens is 2. The molecular formula is C27H28F2N6O2. The second kappa shape index (κ2) is 10.0. The third kappa shape index (κ3) is 4.99. The number of carbonyl (C=O) groups excluding carboxylic acids is 1. The van der Waals surface area contributed by atoms with Crippen molar-refractivity contribution in [3.8, 4) is 11.3 Å². The molecule has 1 amide bonds. The molecule has 0 unspecified atom stereocenters. The van der Waals surface area contributed by atoms with Gasteiger partial charge in [-0.1, -0.05) is 12.1 Å². The Labute approximate surface area is 212 Å². The number of rotatable bonds is 8. The molecule has 192 valence electrons. The molecule has 2 aromatic carbocycles. The number of aromatic nitrogens is 3. The van der Waals surface area contributed by atoms with Crippen molar-refractivity contribution < 1.29 is 18.3 Å². The summed E-state index contributed by atoms with van der Waals surface area (Å²) < 4.78 is 35.6. The highest BCUT2D eigenvalue weighted by atomic mass is 19.2. The molecule has 8 nitrogen and oxygen atoms in total. The first-order valence-corrected chi connectivity index (χ1v) is 12.7. The van der Waals surface area contributed by atoms with E-state index in [-0.39, 0.29) is 11.9 Å². The summed E-state index contributed by atoms with van der Waals surface area (Å²) >= 11 is 0. The average Bonchev–Trinajstić information content (AvgIpc) is 3.62. The van der Waals surface area contributed by atoms with Crippen LogP contribution in [0.2, 0.25) is 0 Å². The lowest BCUT2D eigenvalue weighted by molar-refractivity contribution is 0.0378. The minimum Gasteiger partial charge on any atom is -0.379 e. The standard InChI is InChI=1S/C27H28F2N6O2/c28-20-14-22-23(15-21(20)29)35-24(17-2-4-18(5-3-17)27(36)32-19-6-7-19)16-31-26(35)25(33-22)30-8-1-9-34-10-12-37-13-11-34/h2-5,14-16,19H,1,6-13H2,(H,30,33)(H,32,36). The van der Waals surface area contributed by atoms with Crippen molar-refractivity contribution >= 4 is 28.4 Å². The maximum Gasteiger partial charge on any atom is 0.251 e. The second-order valence-corrected chi connectivity index (χ2v) is 9.58. The molecular weight excluding hydrogens is 478 g/mol. The van der Waals surface area contributed by atoms with Gasteiger partial charge in [-0.15, -0.1) is 0 Å². The van der Waals surface area contributed by atoms with Gasteiger partial charge in [-0.2, -0.15) is 0 Å². The van der Waals surface area contributed by atoms with Gasteiger partial charge in [0.05, 0.1) is 36.1 Å². The van der Waals surface area contributed by atoms with Crippen LogP contribution < -0.4 is 10.6 Å². The molecule has 6 rings (SSSR count). The summed E-state index contributed by atoms with van der Waals surface area (Å²) in [5.41, 5.74) is 3.32. The van der Waals surface area contributed by atoms with Crippen LogP contribution in [0.4, 0.5) is 14.6 Å². The van der Waals surface area contributed by atoms with E-state index in [0.717, 1.165) is 69.8 Å². The van der Waals surface area contributed by atoms with E-state index in [4.69, 9.17) is 4.74 Å². The molecule has 2 aromatic heterocycles. The second-order valence-electron chi connectivity index (χ2n) is 9.58. The summed E-state index contributed by atoms with van der Waals surface area (Å²) in [4.78, 5) is 23.9. The lowest BCUT2D eigenvalue weighted by Gasteiger charge is -2.26. The first kappa shape index (κ1) is 23.7. The van der Waals surface area contributed by atoms with Crippen LogP contribution in [0, 0.1) is 11.6 Å². The van der Waals surface area contributed by atoms with Gasteiger partial charge in [-0.25, -0.2) is 18.7 Å². The van der Waals surface area contributed by atoms with Gasteiger partial charge in [0.15, 0.2) is 23.1 Å². The highest BCUT2D eigenvalue weighted by Gasteiger charge is 2.24. The average molecular weight is 507 g/mol. The molecule has 1 saturated carbocycles. The number of anilines is 1. The Balaban J connectivity index is 1.31. The molecule has 1 saturated heterocycles. The Morgan fingerprint density at radius 2 is 1.84 bits per heavy atom. The molecule has 0 bridgehead atoms. The molecule has 1 aliphatic carbocycles. The topological polar surface area (TPSA) is 83.8 Å². The van der Waals surface area contributed by atoms with Gasteiger partial charge in [-0.05, 0) is 37.9 Å². The molecule has 0 radical (unpaired) electrons. The Morgan fingerprint density at radius 1 is 1.08 bits per heavy atom. The molecule has 4 aromatic rings. The van der Waals surface area contributed by atoms with Crippen LogP contribution in [0.3, 0.4) is 0 Å². The van der Waals surface area contributed by atoms with Crippen LogP contribution in [0.25, 0.3) is 27.9 Å². The van der Waals surface area contributed by atoms with E-state index >= 15 is 0 Å². The van der Waals surface area contributed by atoms with E-state index < -0.39 is 11.6 Å². The number of hydrogen-bond donors (Lipinski definition) is 2. The summed E-state index contributed by atoms with van der Waals surface area (Å²) in [6, 6.07) is 9.74. The minimum atomic E-state index is -0.953. The van der Waals surface area contributed by atoms with Crippen LogP contribution in [-0.4, -0.2) is 70.6 Å². The fourth-order valence-electron chi connectivity index (χ4n) is 4.67. The van der Waals surface area contributed by atoms with Gasteiger partial charge in [0.2, 0.25) is 0 Å². The van der Waals surface area contributed by atoms with Crippen molar-refractivity contribution in [1.82, 2.24) is 24.6 Å². The monoisotopic (exact) mass is 506 g/mol. The van der Waals surface area contributed by atoms with Crippen LogP contribution in [-0.2, 0) is 4.74 Å². The predicted molar refractivity (Wildman–Crippen MR) is 137 cm³/mol. The maximum absolute atomic E-state index is 14.3. The number of amides is 1. The predicted octanol–water partition coefficient (Wildman–Crippen LogP) is 3.85. The number of ether oxygens (including phenoxy) is 1. The van der Waals surface area contributed by atoms with E-state index in [1.165, 1.54) is 0 Å². The summed E-state index contributed by atoms with van der Waals surface area (Å²) in [6.07, 6.45) is 4.62. The van der Waals surface area contributed by atoms with Crippen LogP contribution >= 0.6 is 0 Å². The number of morpholine rings is 1. The SMILES string of the molecule is O=C(NC1CC1)c1ccc(-c2cnc3c(NCCCN4CCOCC4)nc4cc(F)c(F)cc4n23)cc1. The smallest absolute Gasteiger partial charge is 0.251 e. The van der Waals surface area contributed by atoms with Gasteiger partial charge in [0.25, 0.3) is 5.91 Å². The van der Waals surface area contributed by atoms with E-state index in [0.29, 0.717) is 40.3 Å². The Bertz CT molecular complexity index is 1450. The minimum absolute atomic E-state index is 0.0945. The zero-order chi connectivity index (χ0) is 25.4. The highest BCUT2D eigenvalue weighted by Crippen LogP contribution is 2.30. The summed E-state index contributed by atoms with van der Waals surface area (Å²) in [5.74, 6) is -1.49. The van der Waals surface area contributed by atoms with Gasteiger partial charge < -0.3 is 15.4 Å². The Hall–Kier alpha value is -3.63. The number of nitrogens with zero attached hydrogens (tertiary/aromatic N) is 4. The lowest BCUT2D eigenvalue weighted by atomic mass is 10.1. The van der Waals surface area contributed by atoms with E-state index in [2.05, 4.69) is 25.5 Å². The molecule has 3 heterocycles. The number of carbonyl (C=O) groups is 1. The van der Waals surface area contributed by atoms with Crippen LogP contribution in [0.1, 0.15) is 29.6 Å². The van der Waals surface area contributed by atoms with Crippen molar-refractivity contribution in [3.05, 3.63) is 59.8 Å². The van der Waals surface area contributed by atoms with E-state index in [1.807, 2.05) is 12.1 Å². The van der Waals surface area contributed by atoms with E-state index in [9.17, 15) is 13.6 Å². The van der Waals surface area contributed by atoms with Crippen molar-refractivity contribution in [1.29, 1.82) is 0 Å². The molecule has 1 aliphatic heterocycles. The molecule has 10 heteroatoms. The zero-order valence-electron chi connectivity index (χ0n) is 20.3. The van der Waals surface area contributed by atoms with Gasteiger partial charge in [-0.3, -0.25) is 14.1 Å². The van der Waals surface area contributed by atoms with Gasteiger partial charge >= 0.3 is 0 Å². The Morgan fingerprint density at radius 3 is 2.59 bits per heavy atom. The molecule has 0 atom stereocenters. The quantitative estimate of drug-likeness (QED) is 0.353. The third-order valence-electron chi connectivity index (χ3n) is 6.87. The highest BCUT2D eigenvalue weighted by molar-refractivity contribution is 5.95. The van der Waals surface area contributed by atoms with Gasteiger partial charge in [0.1, 0.15) is 0 Å². The first-order chi connectivity index (χ1) is 18.1. The summed E-state index contributed by atoms with van der Waals surface area (Å²) in [7, 11) is 0. The van der Waals surface area contributed by atoms with Crippen LogP contribution in [0.5, 0.6) is 0 Å². The molecule has 2 fully saturated rings.